The molecule has 1 saturated carbocycles. The van der Waals surface area contributed by atoms with Gasteiger partial charge in [0, 0.05) is 17.0 Å². The number of aromatic nitrogens is 4. The van der Waals surface area contributed by atoms with Crippen LogP contribution in [-0.2, 0) is 16.9 Å². The van der Waals surface area contributed by atoms with Crippen molar-refractivity contribution < 1.29 is 14.6 Å². The summed E-state index contributed by atoms with van der Waals surface area (Å²) >= 11 is 0. The van der Waals surface area contributed by atoms with Gasteiger partial charge in [0.1, 0.15) is 16.9 Å². The SMILES string of the molecule is O=C1OC2(CCC(c3nc4nc(-c5ccccc5CO)ncc4[nH]3)CC2)c2ccccc21. The van der Waals surface area contributed by atoms with Gasteiger partial charge in [0.05, 0.1) is 18.4 Å². The smallest absolute Gasteiger partial charge is 0.339 e. The first-order valence-corrected chi connectivity index (χ1v) is 10.9. The van der Waals surface area contributed by atoms with Crippen LogP contribution < -0.4 is 0 Å². The van der Waals surface area contributed by atoms with Gasteiger partial charge in [-0.15, -0.1) is 0 Å². The molecule has 1 fully saturated rings. The van der Waals surface area contributed by atoms with Gasteiger partial charge in [0.15, 0.2) is 11.5 Å². The third kappa shape index (κ3) is 2.92. The molecule has 1 aliphatic heterocycles. The molecule has 2 aliphatic rings. The predicted octanol–water partition coefficient (Wildman–Crippen LogP) is 4.24. The van der Waals surface area contributed by atoms with E-state index in [0.29, 0.717) is 17.0 Å². The quantitative estimate of drug-likeness (QED) is 0.475. The predicted molar refractivity (Wildman–Crippen MR) is 118 cm³/mol. The number of benzene rings is 2. The molecule has 1 spiro atoms. The topological polar surface area (TPSA) is 101 Å². The zero-order chi connectivity index (χ0) is 21.7. The Labute approximate surface area is 184 Å². The Morgan fingerprint density at radius 2 is 1.78 bits per heavy atom. The van der Waals surface area contributed by atoms with Crippen molar-refractivity contribution in [3.63, 3.8) is 0 Å². The molecule has 0 saturated heterocycles. The van der Waals surface area contributed by atoms with Gasteiger partial charge in [-0.05, 0) is 37.3 Å². The minimum absolute atomic E-state index is 0.0685. The summed E-state index contributed by atoms with van der Waals surface area (Å²) in [5.41, 5.74) is 4.22. The number of imidazole rings is 1. The summed E-state index contributed by atoms with van der Waals surface area (Å²) in [5, 5.41) is 9.62. The molecular weight excluding hydrogens is 404 g/mol. The average molecular weight is 426 g/mol. The third-order valence-electron chi connectivity index (χ3n) is 6.79. The van der Waals surface area contributed by atoms with Gasteiger partial charge in [-0.3, -0.25) is 0 Å². The first kappa shape index (κ1) is 19.1. The van der Waals surface area contributed by atoms with Gasteiger partial charge < -0.3 is 14.8 Å². The number of hydrogen-bond acceptors (Lipinski definition) is 6. The van der Waals surface area contributed by atoms with E-state index in [0.717, 1.165) is 53.7 Å². The molecule has 0 bridgehead atoms. The maximum atomic E-state index is 12.3. The fourth-order valence-corrected chi connectivity index (χ4v) is 5.10. The molecule has 4 aromatic rings. The van der Waals surface area contributed by atoms with Crippen LogP contribution in [0.15, 0.2) is 54.7 Å². The number of carbonyl (C=O) groups is 1. The van der Waals surface area contributed by atoms with Crippen molar-refractivity contribution in [3.05, 3.63) is 77.2 Å². The van der Waals surface area contributed by atoms with E-state index in [1.54, 1.807) is 6.20 Å². The summed E-state index contributed by atoms with van der Waals surface area (Å²) in [7, 11) is 0. The zero-order valence-electron chi connectivity index (χ0n) is 17.4. The standard InChI is InChI=1S/C25H22N4O3/c30-14-16-5-1-2-6-17(16)22-26-13-20-23(29-22)28-21(27-20)15-9-11-25(12-10-15)19-8-4-3-7-18(19)24(31)32-25/h1-8,13,15,30H,9-12,14H2,(H,26,27,28,29). The van der Waals surface area contributed by atoms with Gasteiger partial charge in [-0.2, -0.15) is 0 Å². The maximum absolute atomic E-state index is 12.3. The summed E-state index contributed by atoms with van der Waals surface area (Å²) in [4.78, 5) is 29.6. The second kappa shape index (κ2) is 7.24. The number of carbonyl (C=O) groups excluding carboxylic acids is 1. The van der Waals surface area contributed by atoms with E-state index in [2.05, 4.69) is 15.0 Å². The Morgan fingerprint density at radius 3 is 2.59 bits per heavy atom. The summed E-state index contributed by atoms with van der Waals surface area (Å²) in [6.45, 7) is -0.0685. The highest BCUT2D eigenvalue weighted by Gasteiger charge is 2.47. The zero-order valence-corrected chi connectivity index (χ0v) is 17.4. The average Bonchev–Trinajstić information content (AvgIpc) is 3.38. The molecule has 6 rings (SSSR count). The Kier molecular flexibility index (Phi) is 4.33. The number of rotatable bonds is 3. The van der Waals surface area contributed by atoms with E-state index >= 15 is 0 Å². The van der Waals surface area contributed by atoms with Crippen LogP contribution in [0, 0.1) is 0 Å². The fourth-order valence-electron chi connectivity index (χ4n) is 5.10. The molecule has 3 heterocycles. The lowest BCUT2D eigenvalue weighted by molar-refractivity contribution is -0.0312. The van der Waals surface area contributed by atoms with Crippen LogP contribution in [-0.4, -0.2) is 31.0 Å². The number of H-pyrrole nitrogens is 1. The van der Waals surface area contributed by atoms with Gasteiger partial charge >= 0.3 is 5.97 Å². The van der Waals surface area contributed by atoms with Crippen molar-refractivity contribution in [2.24, 2.45) is 0 Å². The van der Waals surface area contributed by atoms with Gasteiger partial charge in [-0.25, -0.2) is 19.7 Å². The van der Waals surface area contributed by atoms with Crippen molar-refractivity contribution in [2.75, 3.05) is 0 Å². The van der Waals surface area contributed by atoms with Crippen LogP contribution in [0.5, 0.6) is 0 Å². The molecule has 0 unspecified atom stereocenters. The minimum atomic E-state index is -0.503. The summed E-state index contributed by atoms with van der Waals surface area (Å²) in [6.07, 6.45) is 5.04. The fraction of sp³-hybridized carbons (Fsp3) is 0.280. The second-order valence-electron chi connectivity index (χ2n) is 8.57. The Morgan fingerprint density at radius 1 is 1.03 bits per heavy atom. The molecule has 0 radical (unpaired) electrons. The van der Waals surface area contributed by atoms with E-state index in [1.165, 1.54) is 0 Å². The van der Waals surface area contributed by atoms with E-state index < -0.39 is 5.60 Å². The first-order valence-electron chi connectivity index (χ1n) is 10.9. The van der Waals surface area contributed by atoms with Crippen molar-refractivity contribution >= 4 is 17.1 Å². The molecule has 7 nitrogen and oxygen atoms in total. The number of nitrogens with one attached hydrogen (secondary N) is 1. The molecule has 32 heavy (non-hydrogen) atoms. The van der Waals surface area contributed by atoms with E-state index in [-0.39, 0.29) is 18.5 Å². The lowest BCUT2D eigenvalue weighted by atomic mass is 9.75. The molecule has 160 valence electrons. The number of aliphatic hydroxyl groups excluding tert-OH is 1. The van der Waals surface area contributed by atoms with Crippen LogP contribution in [0.25, 0.3) is 22.6 Å². The number of esters is 1. The van der Waals surface area contributed by atoms with Crippen LogP contribution in [0.2, 0.25) is 0 Å². The molecule has 2 aromatic carbocycles. The Balaban J connectivity index is 1.26. The van der Waals surface area contributed by atoms with Crippen LogP contribution in [0.4, 0.5) is 0 Å². The van der Waals surface area contributed by atoms with Crippen molar-refractivity contribution in [3.8, 4) is 11.4 Å². The molecule has 0 amide bonds. The second-order valence-corrected chi connectivity index (χ2v) is 8.57. The van der Waals surface area contributed by atoms with E-state index in [1.807, 2.05) is 48.5 Å². The molecule has 2 N–H and O–H groups in total. The van der Waals surface area contributed by atoms with Crippen LogP contribution >= 0.6 is 0 Å². The highest BCUT2D eigenvalue weighted by Crippen LogP contribution is 2.49. The monoisotopic (exact) mass is 426 g/mol. The molecular formula is C25H22N4O3. The normalized spacial score (nSPS) is 22.3. The molecule has 1 aliphatic carbocycles. The lowest BCUT2D eigenvalue weighted by Gasteiger charge is -2.35. The van der Waals surface area contributed by atoms with Crippen molar-refractivity contribution in [1.29, 1.82) is 0 Å². The molecule has 0 atom stereocenters. The molecule has 2 aromatic heterocycles. The first-order chi connectivity index (χ1) is 15.7. The number of aromatic amines is 1. The minimum Gasteiger partial charge on any atom is -0.451 e. The largest absolute Gasteiger partial charge is 0.451 e. The lowest BCUT2D eigenvalue weighted by Crippen LogP contribution is -2.31. The van der Waals surface area contributed by atoms with E-state index in [4.69, 9.17) is 9.72 Å². The number of hydrogen-bond donors (Lipinski definition) is 2. The van der Waals surface area contributed by atoms with Gasteiger partial charge in [-0.1, -0.05) is 42.5 Å². The molecule has 7 heteroatoms. The van der Waals surface area contributed by atoms with Gasteiger partial charge in [0.25, 0.3) is 0 Å². The van der Waals surface area contributed by atoms with E-state index in [9.17, 15) is 9.90 Å². The Bertz CT molecular complexity index is 1340. The maximum Gasteiger partial charge on any atom is 0.339 e. The Hall–Kier alpha value is -3.58. The summed E-state index contributed by atoms with van der Waals surface area (Å²) in [5.74, 6) is 1.48. The number of ether oxygens (including phenoxy) is 1. The number of aliphatic hydroxyl groups is 1. The van der Waals surface area contributed by atoms with Crippen molar-refractivity contribution in [2.45, 2.75) is 43.8 Å². The summed E-state index contributed by atoms with van der Waals surface area (Å²) in [6, 6.07) is 15.3. The number of fused-ring (bicyclic) bond motifs is 3. The van der Waals surface area contributed by atoms with Crippen LogP contribution in [0.3, 0.4) is 0 Å². The highest BCUT2D eigenvalue weighted by atomic mass is 16.6. The third-order valence-corrected chi connectivity index (χ3v) is 6.79. The van der Waals surface area contributed by atoms with Gasteiger partial charge in [0.2, 0.25) is 0 Å². The van der Waals surface area contributed by atoms with Crippen LogP contribution in [0.1, 0.15) is 58.9 Å². The van der Waals surface area contributed by atoms with Crippen molar-refractivity contribution in [1.82, 2.24) is 19.9 Å². The highest BCUT2D eigenvalue weighted by molar-refractivity contribution is 5.94. The number of nitrogens with zero attached hydrogens (tertiary/aromatic N) is 3. The summed E-state index contributed by atoms with van der Waals surface area (Å²) < 4.78 is 5.88.